The monoisotopic (exact) mass is 653 g/mol. The quantitative estimate of drug-likeness (QED) is 0.237. The van der Waals surface area contributed by atoms with Crippen LogP contribution in [0, 0.1) is 25.2 Å². The van der Waals surface area contributed by atoms with Gasteiger partial charge in [-0.2, -0.15) is 5.26 Å². The summed E-state index contributed by atoms with van der Waals surface area (Å²) in [4.78, 5) is 32.3. The fourth-order valence-electron chi connectivity index (χ4n) is 7.18. The molecule has 1 aliphatic carbocycles. The fourth-order valence-corrected chi connectivity index (χ4v) is 7.18. The van der Waals surface area contributed by atoms with Crippen molar-refractivity contribution in [3.63, 3.8) is 0 Å². The lowest BCUT2D eigenvalue weighted by Crippen LogP contribution is -2.47. The first-order valence-corrected chi connectivity index (χ1v) is 16.6. The van der Waals surface area contributed by atoms with Gasteiger partial charge in [0, 0.05) is 69.3 Å². The van der Waals surface area contributed by atoms with Crippen LogP contribution in [0.1, 0.15) is 53.6 Å². The number of carbonyl (C=O) groups is 1. The summed E-state index contributed by atoms with van der Waals surface area (Å²) in [6, 6.07) is 12.1. The minimum atomic E-state index is -1.50. The zero-order chi connectivity index (χ0) is 34.3. The molecule has 1 unspecified atom stereocenters. The summed E-state index contributed by atoms with van der Waals surface area (Å²) in [5, 5.41) is 9.62. The molecule has 1 amide bonds. The van der Waals surface area contributed by atoms with E-state index in [2.05, 4.69) is 21.9 Å². The molecule has 0 radical (unpaired) electrons. The molecule has 48 heavy (non-hydrogen) atoms. The van der Waals surface area contributed by atoms with Crippen LogP contribution >= 0.6 is 0 Å². The molecule has 0 N–H and O–H groups in total. The van der Waals surface area contributed by atoms with Gasteiger partial charge in [0.15, 0.2) is 0 Å². The van der Waals surface area contributed by atoms with Crippen molar-refractivity contribution in [3.05, 3.63) is 86.3 Å². The molecule has 3 heterocycles. The maximum absolute atomic E-state index is 14.4. The van der Waals surface area contributed by atoms with Crippen LogP contribution in [0.15, 0.2) is 53.0 Å². The van der Waals surface area contributed by atoms with Crippen LogP contribution in [0.25, 0.3) is 11.1 Å². The number of aromatic nitrogens is 1. The predicted molar refractivity (Wildman–Crippen MR) is 184 cm³/mol. The molecule has 2 fully saturated rings. The Morgan fingerprint density at radius 3 is 2.33 bits per heavy atom. The number of piperazine rings is 1. The standard InChI is InChI=1S/C38H44FN5O4/c1-24-25(2)36(45)41(4)22-31(24)27-18-34(47-5)32(35(19-27)48-6)23-42-14-16-43(17-15-42)33-9-7-8-29-26(3)44(13-10-30(29)33)37(46)28(21-40)20-38(39)11-12-38/h7-9,18-20,22,26H,10-17,23H2,1-6H3/b28-20+. The Balaban J connectivity index is 1.17. The number of methoxy groups -OCH3 is 2. The number of hydrogen-bond donors (Lipinski definition) is 0. The number of pyridine rings is 1. The fraction of sp³-hybridized carbons (Fsp3) is 0.447. The number of amides is 1. The van der Waals surface area contributed by atoms with Crippen molar-refractivity contribution in [1.29, 1.82) is 5.26 Å². The number of benzene rings is 2. The normalized spacial score (nSPS) is 19.0. The lowest BCUT2D eigenvalue weighted by Gasteiger charge is -2.40. The summed E-state index contributed by atoms with van der Waals surface area (Å²) >= 11 is 0. The Kier molecular flexibility index (Phi) is 9.10. The van der Waals surface area contributed by atoms with Crippen LogP contribution in [0.4, 0.5) is 10.1 Å². The van der Waals surface area contributed by atoms with Gasteiger partial charge in [0.25, 0.3) is 11.5 Å². The molecule has 252 valence electrons. The summed E-state index contributed by atoms with van der Waals surface area (Å²) in [5.74, 6) is 1.10. The van der Waals surface area contributed by atoms with Crippen molar-refractivity contribution in [2.75, 3.05) is 51.8 Å². The number of allylic oxidation sites excluding steroid dienone is 1. The number of aryl methyl sites for hydroxylation is 1. The van der Waals surface area contributed by atoms with Gasteiger partial charge in [0.05, 0.1) is 25.8 Å². The van der Waals surface area contributed by atoms with E-state index >= 15 is 0 Å². The molecule has 1 atom stereocenters. The third-order valence-corrected chi connectivity index (χ3v) is 10.4. The highest BCUT2D eigenvalue weighted by molar-refractivity contribution is 5.98. The van der Waals surface area contributed by atoms with E-state index in [1.165, 1.54) is 17.3 Å². The third-order valence-electron chi connectivity index (χ3n) is 10.4. The Hall–Kier alpha value is -4.62. The minimum absolute atomic E-state index is 0.00319. The zero-order valence-corrected chi connectivity index (χ0v) is 28.7. The average Bonchev–Trinajstić information content (AvgIpc) is 3.84. The van der Waals surface area contributed by atoms with Gasteiger partial charge in [-0.05, 0) is 86.6 Å². The molecule has 1 saturated heterocycles. The highest BCUT2D eigenvalue weighted by Gasteiger charge is 2.43. The highest BCUT2D eigenvalue weighted by atomic mass is 19.1. The van der Waals surface area contributed by atoms with Crippen LogP contribution in [0.2, 0.25) is 0 Å². The molecule has 1 saturated carbocycles. The second-order valence-electron chi connectivity index (χ2n) is 13.3. The van der Waals surface area contributed by atoms with Gasteiger partial charge in [-0.15, -0.1) is 0 Å². The molecule has 10 heteroatoms. The van der Waals surface area contributed by atoms with Crippen molar-refractivity contribution >= 4 is 11.6 Å². The van der Waals surface area contributed by atoms with Crippen molar-refractivity contribution in [1.82, 2.24) is 14.4 Å². The summed E-state index contributed by atoms with van der Waals surface area (Å²) in [5.41, 5.74) is 6.44. The van der Waals surface area contributed by atoms with E-state index in [1.54, 1.807) is 30.7 Å². The van der Waals surface area contributed by atoms with E-state index in [-0.39, 0.29) is 17.2 Å². The van der Waals surface area contributed by atoms with Gasteiger partial charge in [-0.25, -0.2) is 4.39 Å². The molecule has 1 aromatic heterocycles. The molecule has 0 spiro atoms. The summed E-state index contributed by atoms with van der Waals surface area (Å²) in [6.45, 7) is 10.3. The van der Waals surface area contributed by atoms with E-state index in [0.29, 0.717) is 32.4 Å². The molecule has 3 aromatic rings. The van der Waals surface area contributed by atoms with E-state index < -0.39 is 11.6 Å². The molecule has 2 aromatic carbocycles. The van der Waals surface area contributed by atoms with Gasteiger partial charge in [0.1, 0.15) is 28.8 Å². The highest BCUT2D eigenvalue weighted by Crippen LogP contribution is 2.43. The van der Waals surface area contributed by atoms with Gasteiger partial charge in [-0.3, -0.25) is 14.5 Å². The lowest BCUT2D eigenvalue weighted by atomic mass is 9.90. The molecule has 6 rings (SSSR count). The van der Waals surface area contributed by atoms with Gasteiger partial charge in [-0.1, -0.05) is 12.1 Å². The number of alkyl halides is 1. The number of halogens is 1. The number of nitriles is 1. The lowest BCUT2D eigenvalue weighted by molar-refractivity contribution is -0.129. The second kappa shape index (κ2) is 13.1. The summed E-state index contributed by atoms with van der Waals surface area (Å²) in [6.07, 6.45) is 4.50. The predicted octanol–water partition coefficient (Wildman–Crippen LogP) is 5.41. The first-order chi connectivity index (χ1) is 23.0. The van der Waals surface area contributed by atoms with Crippen molar-refractivity contribution in [2.45, 2.75) is 58.3 Å². The van der Waals surface area contributed by atoms with Crippen molar-refractivity contribution in [2.24, 2.45) is 7.05 Å². The van der Waals surface area contributed by atoms with Crippen LogP contribution < -0.4 is 19.9 Å². The molecule has 2 aliphatic heterocycles. The van der Waals surface area contributed by atoms with Crippen LogP contribution in [0.3, 0.4) is 0 Å². The van der Waals surface area contributed by atoms with E-state index in [0.717, 1.165) is 71.1 Å². The second-order valence-corrected chi connectivity index (χ2v) is 13.3. The Labute approximate surface area is 281 Å². The number of fused-ring (bicyclic) bond motifs is 1. The molecule has 0 bridgehead atoms. The summed E-state index contributed by atoms with van der Waals surface area (Å²) in [7, 11) is 5.12. The Morgan fingerprint density at radius 1 is 1.06 bits per heavy atom. The Morgan fingerprint density at radius 2 is 1.73 bits per heavy atom. The van der Waals surface area contributed by atoms with Crippen molar-refractivity contribution < 1.29 is 18.7 Å². The minimum Gasteiger partial charge on any atom is -0.496 e. The molecule has 3 aliphatic rings. The van der Waals surface area contributed by atoms with E-state index in [9.17, 15) is 19.2 Å². The first-order valence-electron chi connectivity index (χ1n) is 16.6. The SMILES string of the molecule is COc1cc(-c2cn(C)c(=O)c(C)c2C)cc(OC)c1CN1CCN(c2cccc3c2CCN(C(=O)/C(C#N)=C/C2(F)CC2)C3C)CC1. The van der Waals surface area contributed by atoms with E-state index in [1.807, 2.05) is 51.2 Å². The van der Waals surface area contributed by atoms with Crippen LogP contribution in [-0.2, 0) is 24.8 Å². The number of ether oxygens (including phenoxy) is 2. The smallest absolute Gasteiger partial charge is 0.264 e. The number of hydrogen-bond acceptors (Lipinski definition) is 7. The third kappa shape index (κ3) is 6.19. The number of nitrogens with zero attached hydrogens (tertiary/aromatic N) is 5. The maximum Gasteiger partial charge on any atom is 0.264 e. The van der Waals surface area contributed by atoms with E-state index in [4.69, 9.17) is 9.47 Å². The maximum atomic E-state index is 14.4. The van der Waals surface area contributed by atoms with Gasteiger partial charge < -0.3 is 23.8 Å². The summed E-state index contributed by atoms with van der Waals surface area (Å²) < 4.78 is 27.8. The van der Waals surface area contributed by atoms with Crippen LogP contribution in [-0.4, -0.2) is 72.9 Å². The average molecular weight is 654 g/mol. The molecular formula is C38H44FN5O4. The first kappa shape index (κ1) is 33.3. The largest absolute Gasteiger partial charge is 0.496 e. The van der Waals surface area contributed by atoms with Gasteiger partial charge >= 0.3 is 0 Å². The zero-order valence-electron chi connectivity index (χ0n) is 28.7. The number of carbonyl (C=O) groups excluding carboxylic acids is 1. The molecule has 9 nitrogen and oxygen atoms in total. The van der Waals surface area contributed by atoms with Crippen molar-refractivity contribution in [3.8, 4) is 28.7 Å². The molecular weight excluding hydrogens is 609 g/mol. The Bertz CT molecular complexity index is 1860. The number of rotatable bonds is 8. The number of anilines is 1. The van der Waals surface area contributed by atoms with Crippen LogP contribution in [0.5, 0.6) is 11.5 Å². The van der Waals surface area contributed by atoms with Gasteiger partial charge in [0.2, 0.25) is 0 Å². The topological polar surface area (TPSA) is 91.0 Å².